The molecule has 0 aromatic rings. The first kappa shape index (κ1) is 32.9. The maximum absolute atomic E-state index is 0. The molecule has 0 heterocycles. The van der Waals surface area contributed by atoms with Crippen molar-refractivity contribution in [3.05, 3.63) is 0 Å². The monoisotopic (exact) mass is 156 g/mol. The van der Waals surface area contributed by atoms with Gasteiger partial charge in [-0.15, -0.1) is 0 Å². The topological polar surface area (TPSA) is 63.0 Å². The van der Waals surface area contributed by atoms with Crippen molar-refractivity contribution in [2.24, 2.45) is 0 Å². The van der Waals surface area contributed by atoms with Crippen LogP contribution in [-0.4, -0.2) is 11.0 Å². The van der Waals surface area contributed by atoms with Gasteiger partial charge in [-0.25, -0.2) is 0 Å². The summed E-state index contributed by atoms with van der Waals surface area (Å²) in [6, 6.07) is 0. The predicted molar refractivity (Wildman–Crippen MR) is 10.6 cm³/mol. The van der Waals surface area contributed by atoms with Crippen molar-refractivity contribution in [3.8, 4) is 0 Å². The average molecular weight is 156 g/mol. The summed E-state index contributed by atoms with van der Waals surface area (Å²) >= 11 is 0. The molecular formula is H7K3O2. The molecule has 0 bridgehead atoms. The Bertz CT molecular complexity index is 12.5. The van der Waals surface area contributed by atoms with Gasteiger partial charge in [-0.05, 0) is 0 Å². The van der Waals surface area contributed by atoms with E-state index in [1.807, 2.05) is 0 Å². The van der Waals surface area contributed by atoms with Crippen LogP contribution in [0, 0.1) is 0 Å². The summed E-state index contributed by atoms with van der Waals surface area (Å²) in [6.07, 6.45) is 0. The first-order chi connectivity index (χ1) is 0. The third-order valence-corrected chi connectivity index (χ3v) is 0. The molecule has 0 fully saturated rings. The van der Waals surface area contributed by atoms with Gasteiger partial charge in [0.1, 0.15) is 0 Å². The molecule has 0 spiro atoms. The van der Waals surface area contributed by atoms with Crippen molar-refractivity contribution in [2.75, 3.05) is 0 Å². The van der Waals surface area contributed by atoms with E-state index in [4.69, 9.17) is 0 Å². The van der Waals surface area contributed by atoms with Crippen LogP contribution in [0.25, 0.3) is 0 Å². The van der Waals surface area contributed by atoms with Gasteiger partial charge in [-0.3, -0.25) is 0 Å². The normalized spacial score (nSPS) is 0. The molecule has 0 saturated heterocycles. The summed E-state index contributed by atoms with van der Waals surface area (Å²) in [5.74, 6) is 0. The largest absolute Gasteiger partial charge is 1.00 e. The van der Waals surface area contributed by atoms with Crippen molar-refractivity contribution < 1.29 is 169 Å². The second-order valence-electron chi connectivity index (χ2n) is 0. The summed E-state index contributed by atoms with van der Waals surface area (Å²) in [5, 5.41) is 0. The Hall–Kier alpha value is 4.83. The molecule has 0 aliphatic heterocycles. The second kappa shape index (κ2) is 23.2. The molecule has 0 atom stereocenters. The molecule has 4 N–H and O–H groups in total. The quantitative estimate of drug-likeness (QED) is 0.313. The fourth-order valence-corrected chi connectivity index (χ4v) is 0. The molecule has 5 heavy (non-hydrogen) atoms. The van der Waals surface area contributed by atoms with Crippen LogP contribution in [0.2, 0.25) is 0 Å². The minimum Gasteiger partial charge on any atom is -1.00 e. The number of hydrogen-bond donors (Lipinski definition) is 0. The molecule has 0 aliphatic rings. The van der Waals surface area contributed by atoms with Gasteiger partial charge in [0.15, 0.2) is 0 Å². The Balaban J connectivity index is 0. The third kappa shape index (κ3) is 17.7. The van der Waals surface area contributed by atoms with Crippen LogP contribution in [0.3, 0.4) is 0 Å². The van der Waals surface area contributed by atoms with E-state index in [1.54, 1.807) is 0 Å². The van der Waals surface area contributed by atoms with Crippen LogP contribution >= 0.6 is 0 Å². The average Bonchev–Trinajstić information content (AvgIpc) is 0. The van der Waals surface area contributed by atoms with Gasteiger partial charge >= 0.3 is 154 Å². The van der Waals surface area contributed by atoms with E-state index < -0.39 is 0 Å². The maximum atomic E-state index is 0. The molecule has 0 aromatic heterocycles. The van der Waals surface area contributed by atoms with Gasteiger partial charge in [-0.1, -0.05) is 0 Å². The summed E-state index contributed by atoms with van der Waals surface area (Å²) in [7, 11) is 0. The van der Waals surface area contributed by atoms with Crippen molar-refractivity contribution in [2.45, 2.75) is 0 Å². The summed E-state index contributed by atoms with van der Waals surface area (Å²) in [5.41, 5.74) is 0. The van der Waals surface area contributed by atoms with Crippen molar-refractivity contribution >= 4 is 0 Å². The van der Waals surface area contributed by atoms with Gasteiger partial charge in [0.2, 0.25) is 0 Å². The Labute approximate surface area is 164 Å². The Morgan fingerprint density at radius 3 is 0.600 bits per heavy atom. The fourth-order valence-electron chi connectivity index (χ4n) is 0. The van der Waals surface area contributed by atoms with Gasteiger partial charge in [0.05, 0.1) is 0 Å². The second-order valence-corrected chi connectivity index (χ2v) is 0. The van der Waals surface area contributed by atoms with Crippen LogP contribution in [0.1, 0.15) is 4.28 Å². The summed E-state index contributed by atoms with van der Waals surface area (Å²) in [4.78, 5) is 0. The number of rotatable bonds is 0. The molecule has 0 saturated carbocycles. The Kier molecular flexibility index (Phi) is 152. The molecule has 0 rings (SSSR count). The molecule has 0 aliphatic carbocycles. The fraction of sp³-hybridized carbons (Fsp3) is 0. The zero-order valence-corrected chi connectivity index (χ0v) is 13.4. The molecule has 0 unspecified atom stereocenters. The Morgan fingerprint density at radius 1 is 0.600 bits per heavy atom. The van der Waals surface area contributed by atoms with Crippen molar-refractivity contribution in [3.63, 3.8) is 0 Å². The van der Waals surface area contributed by atoms with E-state index in [9.17, 15) is 0 Å². The first-order valence-electron chi connectivity index (χ1n) is 0. The van der Waals surface area contributed by atoms with Crippen LogP contribution in [0.5, 0.6) is 0 Å². The minimum atomic E-state index is 0. The summed E-state index contributed by atoms with van der Waals surface area (Å²) < 4.78 is 0. The molecular weight excluding hydrogens is 149 g/mol. The molecule has 0 aromatic carbocycles. The van der Waals surface area contributed by atoms with Crippen molar-refractivity contribution in [1.82, 2.24) is 0 Å². The van der Waals surface area contributed by atoms with E-state index in [1.165, 1.54) is 0 Å². The number of hydrogen-bond acceptors (Lipinski definition) is 0. The van der Waals surface area contributed by atoms with Crippen LogP contribution in [0.4, 0.5) is 0 Å². The van der Waals surface area contributed by atoms with Crippen LogP contribution in [0.15, 0.2) is 0 Å². The zero-order valence-electron chi connectivity index (χ0n) is 7.00. The third-order valence-electron chi connectivity index (χ3n) is 0. The SMILES string of the molecule is O.O.[H-].[H-].[H-].[K+].[K+].[K+]. The molecule has 0 amide bonds. The van der Waals surface area contributed by atoms with Crippen molar-refractivity contribution in [1.29, 1.82) is 0 Å². The van der Waals surface area contributed by atoms with E-state index >= 15 is 0 Å². The van der Waals surface area contributed by atoms with E-state index in [0.29, 0.717) is 0 Å². The zero-order chi connectivity index (χ0) is 0. The predicted octanol–water partition coefficient (Wildman–Crippen LogP) is -10.3. The smallest absolute Gasteiger partial charge is 1.00 e. The molecule has 22 valence electrons. The van der Waals surface area contributed by atoms with E-state index in [2.05, 4.69) is 0 Å². The Morgan fingerprint density at radius 2 is 0.600 bits per heavy atom. The molecule has 2 nitrogen and oxygen atoms in total. The standard InChI is InChI=1S/3K.2H2O.3H/h;;;2*1H2;;;/q3*+1;;;3*-1. The molecule has 5 heteroatoms. The van der Waals surface area contributed by atoms with Gasteiger partial charge in [0, 0.05) is 0 Å². The van der Waals surface area contributed by atoms with E-state index in [0.717, 1.165) is 0 Å². The first-order valence-corrected chi connectivity index (χ1v) is 0. The van der Waals surface area contributed by atoms with Crippen LogP contribution in [-0.2, 0) is 0 Å². The summed E-state index contributed by atoms with van der Waals surface area (Å²) in [6.45, 7) is 0. The van der Waals surface area contributed by atoms with Gasteiger partial charge < -0.3 is 15.2 Å². The van der Waals surface area contributed by atoms with Gasteiger partial charge in [0.25, 0.3) is 0 Å². The van der Waals surface area contributed by atoms with Gasteiger partial charge in [-0.2, -0.15) is 0 Å². The maximum Gasteiger partial charge on any atom is 1.00 e. The minimum absolute atomic E-state index is 0. The van der Waals surface area contributed by atoms with Crippen LogP contribution < -0.4 is 154 Å². The molecule has 0 radical (unpaired) electrons. The van der Waals surface area contributed by atoms with E-state index in [-0.39, 0.29) is 169 Å².